The molecule has 0 fully saturated rings. The minimum Gasteiger partial charge on any atom is -0.395 e. The fourth-order valence-corrected chi connectivity index (χ4v) is 2.54. The number of nitrogens with zero attached hydrogens (tertiary/aromatic N) is 5. The summed E-state index contributed by atoms with van der Waals surface area (Å²) in [7, 11) is 0. The molecule has 1 aromatic heterocycles. The fraction of sp³-hybridized carbons (Fsp3) is 0.0625. The Hall–Kier alpha value is -3.17. The van der Waals surface area contributed by atoms with Crippen LogP contribution in [0.5, 0.6) is 5.75 Å². The Bertz CT molecular complexity index is 917. The van der Waals surface area contributed by atoms with Gasteiger partial charge in [0.1, 0.15) is 12.7 Å². The molecule has 3 rings (SSSR count). The Kier molecular flexibility index (Phi) is 6.18. The second-order valence-corrected chi connectivity index (χ2v) is 5.58. The van der Waals surface area contributed by atoms with E-state index in [1.165, 1.54) is 24.8 Å². The Morgan fingerprint density at radius 1 is 1.19 bits per heavy atom. The van der Waals surface area contributed by atoms with Crippen LogP contribution in [0.15, 0.2) is 55.1 Å². The number of rotatable bonds is 8. The highest BCUT2D eigenvalue weighted by Gasteiger charge is 2.13. The molecule has 3 aromatic rings. The van der Waals surface area contributed by atoms with Crippen molar-refractivity contribution in [1.29, 1.82) is 5.26 Å². The zero-order chi connectivity index (χ0) is 19.1. The van der Waals surface area contributed by atoms with E-state index in [4.69, 9.17) is 15.3 Å². The maximum absolute atomic E-state index is 13.9. The largest absolute Gasteiger partial charge is 0.395 e. The van der Waals surface area contributed by atoms with E-state index in [0.29, 0.717) is 24.4 Å². The molecular formula is C16H13FN6O3S. The standard InChI is InChI=1S/C16H13FN6O3S/c17-15-6-3-13(7-16(15)24-27-26-25-19)9-23(22-10-20-21-11-22)14-4-1-12(8-18)2-5-14/h1-7,10-11H,9,19H2. The molecule has 27 heavy (non-hydrogen) atoms. The second kappa shape index (κ2) is 8.97. The normalized spacial score (nSPS) is 10.4. The summed E-state index contributed by atoms with van der Waals surface area (Å²) in [6.45, 7) is 0.347. The first-order chi connectivity index (χ1) is 13.2. The van der Waals surface area contributed by atoms with Crippen molar-refractivity contribution in [3.8, 4) is 11.8 Å². The Balaban J connectivity index is 1.86. The van der Waals surface area contributed by atoms with Crippen LogP contribution in [0.2, 0.25) is 0 Å². The smallest absolute Gasteiger partial charge is 0.260 e. The molecule has 0 atom stereocenters. The molecule has 0 saturated carbocycles. The van der Waals surface area contributed by atoms with E-state index >= 15 is 0 Å². The van der Waals surface area contributed by atoms with Crippen molar-refractivity contribution >= 4 is 18.0 Å². The number of halogens is 1. The van der Waals surface area contributed by atoms with E-state index < -0.39 is 5.82 Å². The number of nitrogens with two attached hydrogens (primary N) is 1. The van der Waals surface area contributed by atoms with E-state index in [1.54, 1.807) is 35.0 Å². The van der Waals surface area contributed by atoms with Gasteiger partial charge in [-0.05, 0) is 42.0 Å². The number of nitriles is 1. The van der Waals surface area contributed by atoms with Gasteiger partial charge in [-0.3, -0.25) is 5.01 Å². The predicted molar refractivity (Wildman–Crippen MR) is 93.7 cm³/mol. The fourth-order valence-electron chi connectivity index (χ4n) is 2.28. The summed E-state index contributed by atoms with van der Waals surface area (Å²) in [5.74, 6) is 4.10. The van der Waals surface area contributed by atoms with Gasteiger partial charge in [0.05, 0.1) is 23.9 Å². The van der Waals surface area contributed by atoms with Crippen LogP contribution in [-0.4, -0.2) is 14.9 Å². The lowest BCUT2D eigenvalue weighted by Gasteiger charge is -2.25. The molecule has 0 bridgehead atoms. The average Bonchev–Trinajstić information content (AvgIpc) is 3.23. The highest BCUT2D eigenvalue weighted by molar-refractivity contribution is 7.90. The van der Waals surface area contributed by atoms with Crippen LogP contribution < -0.4 is 15.1 Å². The van der Waals surface area contributed by atoms with Crippen LogP contribution >= 0.6 is 12.3 Å². The lowest BCUT2D eigenvalue weighted by atomic mass is 10.2. The number of aromatic nitrogens is 3. The molecule has 0 aliphatic carbocycles. The quantitative estimate of drug-likeness (QED) is 0.269. The number of anilines is 1. The molecule has 0 amide bonds. The average molecular weight is 388 g/mol. The van der Waals surface area contributed by atoms with Gasteiger partial charge in [0.15, 0.2) is 11.6 Å². The van der Waals surface area contributed by atoms with Crippen LogP contribution in [0.25, 0.3) is 0 Å². The van der Waals surface area contributed by atoms with E-state index in [0.717, 1.165) is 11.3 Å². The molecule has 2 N–H and O–H groups in total. The van der Waals surface area contributed by atoms with E-state index in [-0.39, 0.29) is 5.75 Å². The Morgan fingerprint density at radius 2 is 1.93 bits per heavy atom. The van der Waals surface area contributed by atoms with Gasteiger partial charge in [-0.2, -0.15) is 11.2 Å². The van der Waals surface area contributed by atoms with Gasteiger partial charge in [0, 0.05) is 0 Å². The topological polar surface area (TPSA) is 111 Å². The lowest BCUT2D eigenvalue weighted by molar-refractivity contribution is -0.199. The Morgan fingerprint density at radius 3 is 2.59 bits per heavy atom. The summed E-state index contributed by atoms with van der Waals surface area (Å²) in [5.41, 5.74) is 2.06. The first-order valence-electron chi connectivity index (χ1n) is 7.49. The third kappa shape index (κ3) is 4.72. The van der Waals surface area contributed by atoms with Gasteiger partial charge in [-0.15, -0.1) is 19.5 Å². The molecule has 0 aliphatic rings. The number of benzene rings is 2. The molecule has 0 aliphatic heterocycles. The highest BCUT2D eigenvalue weighted by atomic mass is 32.2. The third-order valence-corrected chi connectivity index (χ3v) is 3.88. The maximum Gasteiger partial charge on any atom is 0.260 e. The van der Waals surface area contributed by atoms with Crippen LogP contribution in [-0.2, 0) is 15.9 Å². The van der Waals surface area contributed by atoms with E-state index in [9.17, 15) is 4.39 Å². The lowest BCUT2D eigenvalue weighted by Crippen LogP contribution is -2.27. The van der Waals surface area contributed by atoms with Crippen molar-refractivity contribution in [2.45, 2.75) is 6.54 Å². The first-order valence-corrected chi connectivity index (χ1v) is 8.15. The minimum atomic E-state index is -0.568. The van der Waals surface area contributed by atoms with Gasteiger partial charge in [-0.25, -0.2) is 9.07 Å². The maximum atomic E-state index is 13.9. The van der Waals surface area contributed by atoms with E-state index in [1.807, 2.05) is 5.01 Å². The summed E-state index contributed by atoms with van der Waals surface area (Å²) in [4.78, 5) is 3.89. The van der Waals surface area contributed by atoms with Crippen molar-refractivity contribution in [3.05, 3.63) is 72.1 Å². The van der Waals surface area contributed by atoms with Crippen molar-refractivity contribution in [3.63, 3.8) is 0 Å². The number of hydrogen-bond donors (Lipinski definition) is 1. The summed E-state index contributed by atoms with van der Waals surface area (Å²) < 4.78 is 24.9. The van der Waals surface area contributed by atoms with Crippen LogP contribution in [0.4, 0.5) is 10.1 Å². The van der Waals surface area contributed by atoms with Crippen LogP contribution in [0.1, 0.15) is 11.1 Å². The van der Waals surface area contributed by atoms with Crippen molar-refractivity contribution in [2.24, 2.45) is 5.90 Å². The monoisotopic (exact) mass is 388 g/mol. The molecule has 0 saturated heterocycles. The molecule has 2 aromatic carbocycles. The van der Waals surface area contributed by atoms with Gasteiger partial charge in [-0.1, -0.05) is 6.07 Å². The molecular weight excluding hydrogens is 375 g/mol. The zero-order valence-corrected chi connectivity index (χ0v) is 14.5. The highest BCUT2D eigenvalue weighted by Crippen LogP contribution is 2.25. The second-order valence-electron chi connectivity index (χ2n) is 5.14. The molecule has 0 unspecified atom stereocenters. The molecule has 1 heterocycles. The van der Waals surface area contributed by atoms with Crippen LogP contribution in [0.3, 0.4) is 0 Å². The Labute approximate surface area is 157 Å². The summed E-state index contributed by atoms with van der Waals surface area (Å²) >= 11 is 0.390. The van der Waals surface area contributed by atoms with Gasteiger partial charge >= 0.3 is 0 Å². The molecule has 9 nitrogen and oxygen atoms in total. The third-order valence-electron chi connectivity index (χ3n) is 3.50. The SMILES string of the molecule is N#Cc1ccc(N(Cc2ccc(F)c(OSOON)c2)n2cnnc2)cc1. The van der Waals surface area contributed by atoms with Crippen LogP contribution in [0, 0.1) is 17.1 Å². The molecule has 11 heteroatoms. The zero-order valence-electron chi connectivity index (χ0n) is 13.7. The van der Waals surface area contributed by atoms with Gasteiger partial charge in [0.2, 0.25) is 0 Å². The summed E-state index contributed by atoms with van der Waals surface area (Å²) in [5, 5.41) is 18.4. The molecule has 0 radical (unpaired) electrons. The van der Waals surface area contributed by atoms with Gasteiger partial charge < -0.3 is 4.18 Å². The molecule has 138 valence electrons. The van der Waals surface area contributed by atoms with Crippen molar-refractivity contribution in [2.75, 3.05) is 5.01 Å². The van der Waals surface area contributed by atoms with Crippen molar-refractivity contribution in [1.82, 2.24) is 14.9 Å². The van der Waals surface area contributed by atoms with Gasteiger partial charge in [0.25, 0.3) is 12.3 Å². The predicted octanol–water partition coefficient (Wildman–Crippen LogP) is 2.52. The van der Waals surface area contributed by atoms with Crippen molar-refractivity contribution < 1.29 is 17.9 Å². The first kappa shape index (κ1) is 18.6. The number of hydrogen-bond acceptors (Lipinski definition) is 9. The van der Waals surface area contributed by atoms with E-state index in [2.05, 4.69) is 25.6 Å². The minimum absolute atomic E-state index is 0.0434. The molecule has 0 spiro atoms. The summed E-state index contributed by atoms with van der Waals surface area (Å²) in [6.07, 6.45) is 3.06. The summed E-state index contributed by atoms with van der Waals surface area (Å²) in [6, 6.07) is 13.5.